The number of carbonyl (C=O) groups excluding carboxylic acids is 4. The van der Waals surface area contributed by atoms with Gasteiger partial charge in [0.2, 0.25) is 5.91 Å². The average Bonchev–Trinajstić information content (AvgIpc) is 2.94. The zero-order chi connectivity index (χ0) is 29.8. The number of hydrogen-bond donors (Lipinski definition) is 6. The Morgan fingerprint density at radius 1 is 1.02 bits per heavy atom. The Morgan fingerprint density at radius 3 is 2.37 bits per heavy atom. The standard InChI is InChI=1S/C25H26BN5O10/c27-8-9-30-10-11-31(22(34)21(30)33)25(39)29-18(13-4-6-14(7-5-13)23(35)36)20(32)28-17-12-15-2-1-3-16(24(37)38)19(15)41-26(17)40/h1-7,17-18,40H,8-12,27H2,(H,28,32)(H,29,39)(H,35,36)(H,37,38)/t17-,18-/m0/s1. The Kier molecular flexibility index (Phi) is 8.54. The summed E-state index contributed by atoms with van der Waals surface area (Å²) in [5.41, 5.74) is 5.75. The van der Waals surface area contributed by atoms with Gasteiger partial charge in [-0.2, -0.15) is 0 Å². The van der Waals surface area contributed by atoms with Crippen molar-refractivity contribution in [1.29, 1.82) is 0 Å². The smallest absolute Gasteiger partial charge is 0.534 e. The summed E-state index contributed by atoms with van der Waals surface area (Å²) >= 11 is 0. The fourth-order valence-corrected chi connectivity index (χ4v) is 4.54. The minimum atomic E-state index is -1.65. The van der Waals surface area contributed by atoms with Crippen molar-refractivity contribution in [3.05, 3.63) is 64.7 Å². The number of hydrogen-bond acceptors (Lipinski definition) is 9. The molecule has 16 heteroatoms. The van der Waals surface area contributed by atoms with E-state index in [0.29, 0.717) is 10.5 Å². The molecule has 41 heavy (non-hydrogen) atoms. The Labute approximate surface area is 233 Å². The van der Waals surface area contributed by atoms with Gasteiger partial charge in [0.05, 0.1) is 17.1 Å². The molecule has 2 aromatic carbocycles. The molecule has 2 aliphatic rings. The molecule has 0 aromatic heterocycles. The highest BCUT2D eigenvalue weighted by Gasteiger charge is 2.41. The van der Waals surface area contributed by atoms with E-state index in [1.54, 1.807) is 6.07 Å². The number of benzene rings is 2. The largest absolute Gasteiger partial charge is 0.547 e. The van der Waals surface area contributed by atoms with Crippen LogP contribution in [0, 0.1) is 0 Å². The van der Waals surface area contributed by atoms with Crippen molar-refractivity contribution in [3.8, 4) is 5.75 Å². The number of nitrogens with two attached hydrogens (primary N) is 1. The molecule has 0 spiro atoms. The van der Waals surface area contributed by atoms with E-state index in [1.807, 2.05) is 0 Å². The highest BCUT2D eigenvalue weighted by Crippen LogP contribution is 2.30. The number of imide groups is 1. The highest BCUT2D eigenvalue weighted by atomic mass is 16.5. The molecule has 0 saturated carbocycles. The van der Waals surface area contributed by atoms with Crippen molar-refractivity contribution in [2.24, 2.45) is 5.73 Å². The topological polar surface area (TPSA) is 229 Å². The van der Waals surface area contributed by atoms with Crippen LogP contribution in [0.25, 0.3) is 0 Å². The van der Waals surface area contributed by atoms with E-state index < -0.39 is 54.8 Å². The van der Waals surface area contributed by atoms with Crippen molar-refractivity contribution < 1.29 is 48.7 Å². The maximum atomic E-state index is 13.5. The van der Waals surface area contributed by atoms with Crippen LogP contribution in [0.1, 0.15) is 37.9 Å². The number of carbonyl (C=O) groups is 6. The number of para-hydroxylation sites is 1. The molecule has 5 amide bonds. The average molecular weight is 567 g/mol. The Morgan fingerprint density at radius 2 is 1.73 bits per heavy atom. The van der Waals surface area contributed by atoms with Crippen molar-refractivity contribution in [3.63, 3.8) is 0 Å². The van der Waals surface area contributed by atoms with Crippen LogP contribution in [-0.2, 0) is 20.8 Å². The SMILES string of the molecule is NCCN1CCN(C(=O)N[C@H](C(=O)N[C@H]2Cc3cccc(C(=O)O)c3OB2O)c2ccc(C(=O)O)cc2)C(=O)C1=O. The quantitative estimate of drug-likeness (QED) is 0.161. The molecule has 214 valence electrons. The van der Waals surface area contributed by atoms with Crippen LogP contribution >= 0.6 is 0 Å². The number of carboxylic acid groups (broad SMARTS) is 2. The molecule has 2 aliphatic heterocycles. The fraction of sp³-hybridized carbons (Fsp3) is 0.280. The van der Waals surface area contributed by atoms with Crippen LogP contribution in [-0.4, -0.2) is 100.0 Å². The molecule has 0 unspecified atom stereocenters. The summed E-state index contributed by atoms with van der Waals surface area (Å²) in [6.45, 7) is 0.145. The summed E-state index contributed by atoms with van der Waals surface area (Å²) in [7, 11) is -1.65. The molecule has 0 radical (unpaired) electrons. The zero-order valence-electron chi connectivity index (χ0n) is 21.5. The Balaban J connectivity index is 1.56. The Hall–Kier alpha value is -4.96. The third-order valence-electron chi connectivity index (χ3n) is 6.65. The molecule has 0 bridgehead atoms. The third kappa shape index (κ3) is 6.12. The predicted octanol–water partition coefficient (Wildman–Crippen LogP) is -1.40. The monoisotopic (exact) mass is 567 g/mol. The summed E-state index contributed by atoms with van der Waals surface area (Å²) in [4.78, 5) is 76.2. The van der Waals surface area contributed by atoms with Gasteiger partial charge in [-0.3, -0.25) is 19.3 Å². The van der Waals surface area contributed by atoms with Crippen molar-refractivity contribution in [2.75, 3.05) is 26.2 Å². The first-order valence-electron chi connectivity index (χ1n) is 12.5. The van der Waals surface area contributed by atoms with E-state index in [-0.39, 0.29) is 55.0 Å². The molecule has 1 fully saturated rings. The number of nitrogens with zero attached hydrogens (tertiary/aromatic N) is 2. The maximum Gasteiger partial charge on any atom is 0.547 e. The second kappa shape index (κ2) is 12.1. The van der Waals surface area contributed by atoms with Crippen LogP contribution in [0.4, 0.5) is 4.79 Å². The number of carboxylic acids is 2. The summed E-state index contributed by atoms with van der Waals surface area (Å²) in [6, 6.07) is 6.85. The number of aromatic carboxylic acids is 2. The van der Waals surface area contributed by atoms with E-state index >= 15 is 0 Å². The number of amides is 5. The number of fused-ring (bicyclic) bond motifs is 1. The van der Waals surface area contributed by atoms with Crippen molar-refractivity contribution in [2.45, 2.75) is 18.4 Å². The predicted molar refractivity (Wildman–Crippen MR) is 140 cm³/mol. The summed E-state index contributed by atoms with van der Waals surface area (Å²) in [5, 5.41) is 34.1. The van der Waals surface area contributed by atoms with Crippen molar-refractivity contribution in [1.82, 2.24) is 20.4 Å². The molecule has 4 rings (SSSR count). The number of rotatable bonds is 8. The normalized spacial score (nSPS) is 17.3. The van der Waals surface area contributed by atoms with Gasteiger partial charge in [0.25, 0.3) is 0 Å². The molecule has 2 aromatic rings. The number of piperazine rings is 1. The van der Waals surface area contributed by atoms with Gasteiger partial charge in [-0.25, -0.2) is 14.4 Å². The lowest BCUT2D eigenvalue weighted by molar-refractivity contribution is -0.153. The molecule has 0 aliphatic carbocycles. The first kappa shape index (κ1) is 29.0. The Bertz CT molecular complexity index is 1400. The molecule has 7 N–H and O–H groups in total. The van der Waals surface area contributed by atoms with E-state index in [0.717, 1.165) is 0 Å². The second-order valence-electron chi connectivity index (χ2n) is 9.27. The third-order valence-corrected chi connectivity index (χ3v) is 6.65. The first-order valence-corrected chi connectivity index (χ1v) is 12.5. The van der Waals surface area contributed by atoms with Crippen molar-refractivity contribution >= 4 is 42.8 Å². The van der Waals surface area contributed by atoms with Gasteiger partial charge in [-0.05, 0) is 35.7 Å². The summed E-state index contributed by atoms with van der Waals surface area (Å²) < 4.78 is 5.40. The van der Waals surface area contributed by atoms with Crippen LogP contribution in [0.15, 0.2) is 42.5 Å². The van der Waals surface area contributed by atoms with Gasteiger partial charge >= 0.3 is 36.9 Å². The first-order chi connectivity index (χ1) is 19.5. The van der Waals surface area contributed by atoms with Gasteiger partial charge in [0.1, 0.15) is 11.8 Å². The molecule has 2 atom stereocenters. The maximum absolute atomic E-state index is 13.5. The van der Waals surface area contributed by atoms with Crippen LogP contribution in [0.2, 0.25) is 0 Å². The minimum Gasteiger partial charge on any atom is -0.534 e. The van der Waals surface area contributed by atoms with Crippen LogP contribution in [0.3, 0.4) is 0 Å². The number of nitrogens with one attached hydrogen (secondary N) is 2. The van der Waals surface area contributed by atoms with Gasteiger partial charge in [0.15, 0.2) is 0 Å². The molecular weight excluding hydrogens is 541 g/mol. The van der Waals surface area contributed by atoms with E-state index in [9.17, 15) is 44.0 Å². The van der Waals surface area contributed by atoms with Gasteiger partial charge in [0, 0.05) is 26.2 Å². The fourth-order valence-electron chi connectivity index (χ4n) is 4.54. The number of urea groups is 1. The second-order valence-corrected chi connectivity index (χ2v) is 9.27. The summed E-state index contributed by atoms with van der Waals surface area (Å²) in [5.74, 6) is -6.48. The summed E-state index contributed by atoms with van der Waals surface area (Å²) in [6.07, 6.45) is -0.0158. The van der Waals surface area contributed by atoms with Gasteiger partial charge in [-0.15, -0.1) is 0 Å². The van der Waals surface area contributed by atoms with Crippen LogP contribution in [0.5, 0.6) is 5.75 Å². The zero-order valence-corrected chi connectivity index (χ0v) is 21.5. The van der Waals surface area contributed by atoms with E-state index in [2.05, 4.69) is 10.6 Å². The minimum absolute atomic E-state index is 0.0158. The van der Waals surface area contributed by atoms with E-state index in [4.69, 9.17) is 10.4 Å². The molecular formula is C25H26BN5O10. The molecule has 2 heterocycles. The van der Waals surface area contributed by atoms with E-state index in [1.165, 1.54) is 41.3 Å². The lowest BCUT2D eigenvalue weighted by Crippen LogP contribution is -2.60. The highest BCUT2D eigenvalue weighted by molar-refractivity contribution is 6.47. The van der Waals surface area contributed by atoms with Gasteiger partial charge in [-0.1, -0.05) is 24.3 Å². The van der Waals surface area contributed by atoms with Crippen LogP contribution < -0.4 is 21.0 Å². The lowest BCUT2D eigenvalue weighted by Gasteiger charge is -2.33. The molecule has 15 nitrogen and oxygen atoms in total. The molecule has 1 saturated heterocycles. The lowest BCUT2D eigenvalue weighted by atomic mass is 9.72. The van der Waals surface area contributed by atoms with Gasteiger partial charge < -0.3 is 41.2 Å².